The van der Waals surface area contributed by atoms with Gasteiger partial charge in [0.2, 0.25) is 0 Å². The number of hydrogen-bond donors (Lipinski definition) is 2. The van der Waals surface area contributed by atoms with E-state index >= 15 is 0 Å². The zero-order valence-electron chi connectivity index (χ0n) is 37.4. The van der Waals surface area contributed by atoms with Crippen molar-refractivity contribution in [3.8, 4) is 22.6 Å². The molecule has 0 spiro atoms. The molecule has 63 heavy (non-hydrogen) atoms. The molecule has 8 aromatic carbocycles. The van der Waals surface area contributed by atoms with Crippen molar-refractivity contribution in [1.82, 2.24) is 0 Å². The minimum atomic E-state index is -3.82. The van der Waals surface area contributed by atoms with E-state index in [4.69, 9.17) is 25.0 Å². The van der Waals surface area contributed by atoms with Crippen LogP contribution in [0.3, 0.4) is 0 Å². The van der Waals surface area contributed by atoms with Crippen molar-refractivity contribution in [3.05, 3.63) is 187 Å². The van der Waals surface area contributed by atoms with Crippen LogP contribution < -0.4 is 36.0 Å². The predicted octanol–water partition coefficient (Wildman–Crippen LogP) is 14.3. The summed E-state index contributed by atoms with van der Waals surface area (Å²) in [7, 11) is 3.39. The van der Waals surface area contributed by atoms with Crippen molar-refractivity contribution in [1.29, 1.82) is 0 Å². The molecule has 0 bridgehead atoms. The van der Waals surface area contributed by atoms with E-state index < -0.39 is 5.31 Å². The molecule has 8 rings (SSSR count). The molecule has 7 heteroatoms. The van der Waals surface area contributed by atoms with Gasteiger partial charge in [0, 0.05) is 0 Å². The third-order valence-corrected chi connectivity index (χ3v) is 21.7. The predicted molar refractivity (Wildman–Crippen MR) is 274 cm³/mol. The number of amides is 2. The van der Waals surface area contributed by atoms with Crippen LogP contribution >= 0.6 is 20.8 Å². The van der Waals surface area contributed by atoms with Crippen LogP contribution in [0.5, 0.6) is 11.5 Å². The fourth-order valence-corrected chi connectivity index (χ4v) is 17.0. The molecule has 0 aliphatic rings. The summed E-state index contributed by atoms with van der Waals surface area (Å²) in [5.41, 5.74) is 6.60. The molecule has 0 fully saturated rings. The molecular weight excluding hydrogens is 860 g/mol. The van der Waals surface area contributed by atoms with Crippen molar-refractivity contribution in [2.24, 2.45) is 0 Å². The van der Waals surface area contributed by atoms with Gasteiger partial charge in [-0.3, -0.25) is 0 Å². The van der Waals surface area contributed by atoms with Crippen LogP contribution in [0.15, 0.2) is 170 Å². The van der Waals surface area contributed by atoms with Gasteiger partial charge in [0.25, 0.3) is 0 Å². The summed E-state index contributed by atoms with van der Waals surface area (Å²) in [6, 6.07) is 59.7. The first kappa shape index (κ1) is 43.7. The van der Waals surface area contributed by atoms with Crippen molar-refractivity contribution in [2.75, 3.05) is 24.9 Å². The molecule has 5 nitrogen and oxygen atoms in total. The van der Waals surface area contributed by atoms with Crippen LogP contribution in [-0.4, -0.2) is 20.3 Å². The molecule has 0 saturated carbocycles. The maximum absolute atomic E-state index is 14.6. The summed E-state index contributed by atoms with van der Waals surface area (Å²) in [6.07, 6.45) is 0.590. The van der Waals surface area contributed by atoms with Crippen LogP contribution in [0.4, 0.5) is 16.2 Å². The Balaban J connectivity index is 1.44. The number of rotatable bonds is 10. The zero-order valence-corrected chi connectivity index (χ0v) is 39.9. The number of halogens is 1. The molecule has 0 atom stereocenters. The van der Waals surface area contributed by atoms with Gasteiger partial charge < -0.3 is 0 Å². The molecular formula is C56H56BrN2O3P. The van der Waals surface area contributed by atoms with Gasteiger partial charge in [-0.05, 0) is 0 Å². The number of nitrogens with one attached hydrogen (secondary N) is 2. The van der Waals surface area contributed by atoms with Gasteiger partial charge in [-0.1, -0.05) is 0 Å². The molecule has 2 amide bonds. The van der Waals surface area contributed by atoms with Crippen molar-refractivity contribution >= 4 is 75.7 Å². The van der Waals surface area contributed by atoms with E-state index in [1.807, 2.05) is 6.07 Å². The zero-order chi connectivity index (χ0) is 44.6. The molecule has 2 N–H and O–H groups in total. The average Bonchev–Trinajstić information content (AvgIpc) is 3.28. The Morgan fingerprint density at radius 1 is 0.540 bits per heavy atom. The van der Waals surface area contributed by atoms with Crippen LogP contribution in [0.2, 0.25) is 0 Å². The Hall–Kier alpha value is -5.94. The number of methoxy groups -OCH3 is 2. The SMILES string of the molecule is COc1cc(CP(Br)(c2ccccc2)(c2ccccc2)c2ccc3ccccc3c2-c2c(NC(=O)Nc3cc(C(C)(C)C)cc(C(C)(C)C)c3)ccc3ccccc23)cc(OC)c1. The monoisotopic (exact) mass is 914 g/mol. The number of anilines is 2. The quantitative estimate of drug-likeness (QED) is 0.134. The molecule has 0 aliphatic heterocycles. The van der Waals surface area contributed by atoms with Crippen molar-refractivity contribution in [2.45, 2.75) is 58.5 Å². The Labute approximate surface area is 380 Å². The van der Waals surface area contributed by atoms with E-state index in [1.54, 1.807) is 14.2 Å². The Bertz CT molecular complexity index is 2880. The Morgan fingerprint density at radius 2 is 1.02 bits per heavy atom. The van der Waals surface area contributed by atoms with Gasteiger partial charge in [-0.25, -0.2) is 0 Å². The summed E-state index contributed by atoms with van der Waals surface area (Å²) in [5.74, 6) is 1.44. The van der Waals surface area contributed by atoms with E-state index in [-0.39, 0.29) is 16.9 Å². The third kappa shape index (κ3) is 8.35. The average molecular weight is 916 g/mol. The minimum absolute atomic E-state index is 0.111. The van der Waals surface area contributed by atoms with Gasteiger partial charge in [0.15, 0.2) is 0 Å². The fraction of sp³-hybridized carbons (Fsp3) is 0.196. The number of benzene rings is 8. The van der Waals surface area contributed by atoms with Gasteiger partial charge in [-0.15, -0.1) is 0 Å². The second-order valence-corrected chi connectivity index (χ2v) is 27.4. The first-order valence-corrected chi connectivity index (χ1v) is 25.9. The van der Waals surface area contributed by atoms with Crippen molar-refractivity contribution < 1.29 is 14.3 Å². The molecule has 0 unspecified atom stereocenters. The van der Waals surface area contributed by atoms with Gasteiger partial charge in [0.1, 0.15) is 0 Å². The molecule has 0 radical (unpaired) electrons. The molecule has 0 saturated heterocycles. The number of urea groups is 1. The number of carbonyl (C=O) groups is 1. The second-order valence-electron chi connectivity index (χ2n) is 18.5. The number of fused-ring (bicyclic) bond motifs is 2. The molecule has 0 aliphatic carbocycles. The maximum atomic E-state index is 14.6. The number of carbonyl (C=O) groups excluding carboxylic acids is 1. The van der Waals surface area contributed by atoms with Gasteiger partial charge >= 0.3 is 382 Å². The van der Waals surface area contributed by atoms with E-state index in [0.29, 0.717) is 11.8 Å². The topological polar surface area (TPSA) is 59.6 Å². The summed E-state index contributed by atoms with van der Waals surface area (Å²) in [4.78, 5) is 14.6. The van der Waals surface area contributed by atoms with Crippen LogP contribution in [-0.2, 0) is 17.0 Å². The van der Waals surface area contributed by atoms with Crippen LogP contribution in [0.1, 0.15) is 58.2 Å². The molecule has 0 aromatic heterocycles. The van der Waals surface area contributed by atoms with Crippen LogP contribution in [0, 0.1) is 0 Å². The Kier molecular flexibility index (Phi) is 11.8. The van der Waals surface area contributed by atoms with Crippen molar-refractivity contribution in [3.63, 3.8) is 0 Å². The standard InChI is InChI=1S/C56H56BrN2O3P/c1-55(2,3)41-33-42(56(4,5)6)35-43(34-41)58-54(60)59-50-29-27-39-19-15-17-25-48(39)52(50)53-49-26-18-16-20-40(49)28-30-51(53)63(57,46-21-11-9-12-22-46,47-23-13-10-14-24-47)37-38-31-44(61-7)36-45(32-38)62-8/h9-36H,37H2,1-8H3,(H2,58,59,60). The van der Waals surface area contributed by atoms with E-state index in [0.717, 1.165) is 82.5 Å². The van der Waals surface area contributed by atoms with Gasteiger partial charge in [0.05, 0.1) is 0 Å². The molecule has 8 aromatic rings. The second kappa shape index (κ2) is 17.0. The first-order chi connectivity index (χ1) is 30.1. The molecule has 0 heterocycles. The van der Waals surface area contributed by atoms with E-state index in [9.17, 15) is 4.79 Å². The van der Waals surface area contributed by atoms with E-state index in [2.05, 4.69) is 216 Å². The third-order valence-electron chi connectivity index (χ3n) is 12.2. The summed E-state index contributed by atoms with van der Waals surface area (Å²) in [5, 5.41) is 10.6. The normalized spacial score (nSPS) is 12.7. The molecule has 320 valence electrons. The Morgan fingerprint density at radius 3 is 1.52 bits per heavy atom. The summed E-state index contributed by atoms with van der Waals surface area (Å²) in [6.45, 7) is 13.2. The summed E-state index contributed by atoms with van der Waals surface area (Å²) < 4.78 is 11.8. The number of hydrogen-bond acceptors (Lipinski definition) is 3. The van der Waals surface area contributed by atoms with Gasteiger partial charge in [-0.2, -0.15) is 0 Å². The number of ether oxygens (including phenoxy) is 2. The first-order valence-electron chi connectivity index (χ1n) is 21.5. The van der Waals surface area contributed by atoms with E-state index in [1.165, 1.54) is 0 Å². The fourth-order valence-electron chi connectivity index (χ4n) is 8.88. The summed E-state index contributed by atoms with van der Waals surface area (Å²) >= 11 is 4.86. The van der Waals surface area contributed by atoms with Crippen LogP contribution in [0.25, 0.3) is 32.7 Å².